The zero-order chi connectivity index (χ0) is 9.35. The molecule has 1 heterocycles. The zero-order valence-corrected chi connectivity index (χ0v) is 5.75. The molecule has 1 saturated heterocycles. The molecule has 1 unspecified atom stereocenters. The summed E-state index contributed by atoms with van der Waals surface area (Å²) in [5.74, 6) is -2.78. The van der Waals surface area contributed by atoms with Crippen LogP contribution in [0, 0.1) is 0 Å². The molecule has 0 spiro atoms. The third-order valence-electron chi connectivity index (χ3n) is 1.01. The maximum atomic E-state index is 10.7. The van der Waals surface area contributed by atoms with Crippen molar-refractivity contribution in [3.63, 3.8) is 0 Å². The van der Waals surface area contributed by atoms with Gasteiger partial charge in [-0.1, -0.05) is 0 Å². The Hall–Kier alpha value is -1.39. The van der Waals surface area contributed by atoms with Crippen molar-refractivity contribution in [2.75, 3.05) is 0 Å². The van der Waals surface area contributed by atoms with Crippen molar-refractivity contribution >= 4 is 17.9 Å². The normalized spacial score (nSPS) is 31.2. The standard InChI is InChI=1S/C6H6O5/c1-3(7)10-4-2-5(8)11-6(4)9/h4H,2H2,1H3/i4D. The van der Waals surface area contributed by atoms with E-state index in [-0.39, 0.29) is 0 Å². The van der Waals surface area contributed by atoms with Gasteiger partial charge in [0.05, 0.1) is 7.79 Å². The quantitative estimate of drug-likeness (QED) is 0.377. The molecule has 0 amide bonds. The molecule has 0 aromatic carbocycles. The Morgan fingerprint density at radius 2 is 2.45 bits per heavy atom. The van der Waals surface area contributed by atoms with Gasteiger partial charge < -0.3 is 9.47 Å². The molecular formula is C6H6O5. The average Bonchev–Trinajstić information content (AvgIpc) is 2.04. The van der Waals surface area contributed by atoms with Gasteiger partial charge in [0.2, 0.25) is 6.08 Å². The Labute approximate surface area is 63.7 Å². The van der Waals surface area contributed by atoms with Gasteiger partial charge in [-0.2, -0.15) is 0 Å². The number of rotatable bonds is 1. The second kappa shape index (κ2) is 2.69. The molecule has 1 aliphatic rings. The number of cyclic esters (lactones) is 2. The molecule has 1 rings (SSSR count). The van der Waals surface area contributed by atoms with Crippen molar-refractivity contribution in [2.45, 2.75) is 19.4 Å². The smallest absolute Gasteiger partial charge is 0.355 e. The van der Waals surface area contributed by atoms with Gasteiger partial charge >= 0.3 is 17.9 Å². The Kier molecular flexibility index (Phi) is 1.55. The van der Waals surface area contributed by atoms with E-state index >= 15 is 0 Å². The lowest BCUT2D eigenvalue weighted by Crippen LogP contribution is -2.20. The predicted molar refractivity (Wildman–Crippen MR) is 31.3 cm³/mol. The van der Waals surface area contributed by atoms with Crippen LogP contribution < -0.4 is 0 Å². The lowest BCUT2D eigenvalue weighted by molar-refractivity contribution is -0.161. The summed E-state index contributed by atoms with van der Waals surface area (Å²) in [7, 11) is 0. The van der Waals surface area contributed by atoms with Crippen molar-refractivity contribution in [2.24, 2.45) is 0 Å². The first-order valence-electron chi connectivity index (χ1n) is 3.39. The van der Waals surface area contributed by atoms with Crippen LogP contribution >= 0.6 is 0 Å². The fourth-order valence-electron chi connectivity index (χ4n) is 0.651. The highest BCUT2D eigenvalue weighted by Gasteiger charge is 2.35. The van der Waals surface area contributed by atoms with Crippen LogP contribution in [0.3, 0.4) is 0 Å². The maximum Gasteiger partial charge on any atom is 0.355 e. The number of carbonyl (C=O) groups excluding carboxylic acids is 3. The first-order valence-corrected chi connectivity index (χ1v) is 2.89. The number of carbonyl (C=O) groups is 3. The molecule has 60 valence electrons. The zero-order valence-electron chi connectivity index (χ0n) is 6.75. The van der Waals surface area contributed by atoms with E-state index in [1.165, 1.54) is 0 Å². The summed E-state index contributed by atoms with van der Waals surface area (Å²) in [6.45, 7) is 1.05. The van der Waals surface area contributed by atoms with Crippen LogP contribution in [0.2, 0.25) is 0 Å². The molecular weight excluding hydrogens is 152 g/mol. The minimum atomic E-state index is -2.16. The number of ether oxygens (including phenoxy) is 2. The van der Waals surface area contributed by atoms with Gasteiger partial charge in [0.1, 0.15) is 0 Å². The lowest BCUT2D eigenvalue weighted by atomic mass is 10.3. The maximum absolute atomic E-state index is 10.7. The van der Waals surface area contributed by atoms with Crippen molar-refractivity contribution in [3.05, 3.63) is 0 Å². The number of hydrogen-bond acceptors (Lipinski definition) is 5. The van der Waals surface area contributed by atoms with Crippen LogP contribution in [0.25, 0.3) is 0 Å². The van der Waals surface area contributed by atoms with Crippen LogP contribution in [-0.4, -0.2) is 24.0 Å². The van der Waals surface area contributed by atoms with E-state index < -0.39 is 30.4 Å². The molecule has 11 heavy (non-hydrogen) atoms. The van der Waals surface area contributed by atoms with Crippen LogP contribution in [0.4, 0.5) is 0 Å². The Morgan fingerprint density at radius 3 is 2.82 bits per heavy atom. The SMILES string of the molecule is [2H]C1(OC(C)=O)CC(=O)OC1=O. The molecule has 0 aromatic rings. The highest BCUT2D eigenvalue weighted by Crippen LogP contribution is 2.11. The van der Waals surface area contributed by atoms with Crippen molar-refractivity contribution in [3.8, 4) is 0 Å². The summed E-state index contributed by atoms with van der Waals surface area (Å²) in [6, 6.07) is 0. The van der Waals surface area contributed by atoms with Crippen molar-refractivity contribution in [1.29, 1.82) is 0 Å². The average molecular weight is 159 g/mol. The second-order valence-corrected chi connectivity index (χ2v) is 1.96. The van der Waals surface area contributed by atoms with Gasteiger partial charge in [-0.3, -0.25) is 9.59 Å². The third kappa shape index (κ3) is 1.76. The van der Waals surface area contributed by atoms with Gasteiger partial charge in [0, 0.05) is 6.92 Å². The third-order valence-corrected chi connectivity index (χ3v) is 1.01. The van der Waals surface area contributed by atoms with Gasteiger partial charge in [0.15, 0.2) is 0 Å². The van der Waals surface area contributed by atoms with E-state index in [1.807, 2.05) is 0 Å². The van der Waals surface area contributed by atoms with Crippen LogP contribution in [0.15, 0.2) is 0 Å². The minimum absolute atomic E-state index is 0.536. The van der Waals surface area contributed by atoms with Crippen molar-refractivity contribution in [1.82, 2.24) is 0 Å². The van der Waals surface area contributed by atoms with Crippen LogP contribution in [-0.2, 0) is 23.9 Å². The molecule has 0 bridgehead atoms. The van der Waals surface area contributed by atoms with Crippen LogP contribution in [0.5, 0.6) is 0 Å². The predicted octanol–water partition coefficient (Wildman–Crippen LogP) is -0.608. The first kappa shape index (κ1) is 6.33. The van der Waals surface area contributed by atoms with E-state index in [4.69, 9.17) is 1.37 Å². The van der Waals surface area contributed by atoms with E-state index in [2.05, 4.69) is 9.47 Å². The molecule has 1 aliphatic heterocycles. The molecule has 5 heteroatoms. The summed E-state index contributed by atoms with van der Waals surface area (Å²) in [5.41, 5.74) is 0. The molecule has 5 nitrogen and oxygen atoms in total. The van der Waals surface area contributed by atoms with Gasteiger partial charge in [-0.05, 0) is 0 Å². The Balaban J connectivity index is 2.77. The monoisotopic (exact) mass is 159 g/mol. The molecule has 0 N–H and O–H groups in total. The van der Waals surface area contributed by atoms with Crippen molar-refractivity contribution < 1.29 is 25.2 Å². The summed E-state index contributed by atoms with van der Waals surface area (Å²) < 4.78 is 15.6. The molecule has 0 radical (unpaired) electrons. The summed E-state index contributed by atoms with van der Waals surface area (Å²) >= 11 is 0. The number of hydrogen-bond donors (Lipinski definition) is 0. The fraction of sp³-hybridized carbons (Fsp3) is 0.500. The number of esters is 3. The van der Waals surface area contributed by atoms with Crippen LogP contribution in [0.1, 0.15) is 14.7 Å². The van der Waals surface area contributed by atoms with E-state index in [0.29, 0.717) is 0 Å². The molecule has 0 aromatic heterocycles. The highest BCUT2D eigenvalue weighted by molar-refractivity contribution is 5.97. The largest absolute Gasteiger partial charge is 0.450 e. The fourth-order valence-corrected chi connectivity index (χ4v) is 0.651. The summed E-state index contributed by atoms with van der Waals surface area (Å²) in [4.78, 5) is 31.6. The summed E-state index contributed by atoms with van der Waals surface area (Å²) in [5, 5.41) is 0. The minimum Gasteiger partial charge on any atom is -0.450 e. The second-order valence-electron chi connectivity index (χ2n) is 1.96. The van der Waals surface area contributed by atoms with E-state index in [1.54, 1.807) is 0 Å². The first-order chi connectivity index (χ1) is 5.44. The lowest BCUT2D eigenvalue weighted by Gasteiger charge is -2.02. The van der Waals surface area contributed by atoms with E-state index in [0.717, 1.165) is 6.92 Å². The molecule has 0 aliphatic carbocycles. The Morgan fingerprint density at radius 1 is 1.82 bits per heavy atom. The van der Waals surface area contributed by atoms with Gasteiger partial charge in [0.25, 0.3) is 0 Å². The summed E-state index contributed by atoms with van der Waals surface area (Å²) in [6.07, 6.45) is -2.70. The topological polar surface area (TPSA) is 69.7 Å². The molecule has 1 atom stereocenters. The van der Waals surface area contributed by atoms with E-state index in [9.17, 15) is 14.4 Å². The van der Waals surface area contributed by atoms with Gasteiger partial charge in [-0.25, -0.2) is 4.79 Å². The molecule has 0 saturated carbocycles. The molecule has 1 fully saturated rings. The Bertz CT molecular complexity index is 261. The van der Waals surface area contributed by atoms with Gasteiger partial charge in [-0.15, -0.1) is 0 Å². The highest BCUT2D eigenvalue weighted by atomic mass is 16.6.